The highest BCUT2D eigenvalue weighted by molar-refractivity contribution is 8.18. The molecule has 3 rings (SSSR count). The van der Waals surface area contributed by atoms with E-state index in [2.05, 4.69) is 6.58 Å². The first-order valence-electron chi connectivity index (χ1n) is 7.28. The van der Waals surface area contributed by atoms with Crippen LogP contribution in [0.25, 0.3) is 17.2 Å². The van der Waals surface area contributed by atoms with Crippen LogP contribution in [0.3, 0.4) is 0 Å². The average Bonchev–Trinajstić information content (AvgIpc) is 3.16. The molecule has 0 saturated carbocycles. The number of benzene rings is 1. The van der Waals surface area contributed by atoms with Gasteiger partial charge in [0.1, 0.15) is 0 Å². The molecule has 0 atom stereocenters. The second-order valence-electron chi connectivity index (χ2n) is 5.20. The molecule has 1 N–H and O–H groups in total. The summed E-state index contributed by atoms with van der Waals surface area (Å²) < 4.78 is 0. The first kappa shape index (κ1) is 17.2. The van der Waals surface area contributed by atoms with E-state index in [1.54, 1.807) is 30.3 Å². The topological polar surface area (TPSA) is 74.7 Å². The molecule has 1 aliphatic rings. The van der Waals surface area contributed by atoms with Crippen molar-refractivity contribution in [2.75, 3.05) is 6.54 Å². The highest BCUT2D eigenvalue weighted by atomic mass is 32.2. The number of aromatic carboxylic acids is 1. The molecule has 0 bridgehead atoms. The van der Waals surface area contributed by atoms with Gasteiger partial charge >= 0.3 is 5.97 Å². The summed E-state index contributed by atoms with van der Waals surface area (Å²) in [4.78, 5) is 37.3. The van der Waals surface area contributed by atoms with Gasteiger partial charge in [-0.25, -0.2) is 4.79 Å². The van der Waals surface area contributed by atoms with Gasteiger partial charge in [-0.1, -0.05) is 18.2 Å². The Morgan fingerprint density at radius 2 is 1.92 bits per heavy atom. The van der Waals surface area contributed by atoms with E-state index >= 15 is 0 Å². The predicted octanol–water partition coefficient (Wildman–Crippen LogP) is 4.34. The van der Waals surface area contributed by atoms with E-state index in [0.717, 1.165) is 32.7 Å². The third-order valence-electron chi connectivity index (χ3n) is 3.54. The Kier molecular flexibility index (Phi) is 4.87. The fourth-order valence-electron chi connectivity index (χ4n) is 2.30. The zero-order valence-electron chi connectivity index (χ0n) is 13.0. The number of carboxylic acids is 1. The third-order valence-corrected chi connectivity index (χ3v) is 5.33. The molecule has 0 aliphatic carbocycles. The largest absolute Gasteiger partial charge is 0.478 e. The van der Waals surface area contributed by atoms with E-state index in [-0.39, 0.29) is 23.3 Å². The molecule has 0 unspecified atom stereocenters. The molecule has 2 aromatic rings. The Morgan fingerprint density at radius 3 is 2.56 bits per heavy atom. The standard InChI is InChI=1S/C18H13NO4S2/c1-2-7-19-16(20)15(25-18(19)23)9-14-8-13(10-24-14)11-3-5-12(6-4-11)17(21)22/h2-6,8-10H,1,7H2,(H,21,22)/b15-9-. The molecule has 5 nitrogen and oxygen atoms in total. The molecule has 2 amide bonds. The van der Waals surface area contributed by atoms with Gasteiger partial charge in [0.05, 0.1) is 10.5 Å². The second kappa shape index (κ2) is 7.08. The Morgan fingerprint density at radius 1 is 1.20 bits per heavy atom. The maximum atomic E-state index is 12.2. The lowest BCUT2D eigenvalue weighted by molar-refractivity contribution is -0.122. The molecule has 126 valence electrons. The van der Waals surface area contributed by atoms with E-state index in [9.17, 15) is 14.4 Å². The minimum Gasteiger partial charge on any atom is -0.478 e. The van der Waals surface area contributed by atoms with E-state index in [0.29, 0.717) is 4.91 Å². The van der Waals surface area contributed by atoms with Crippen LogP contribution in [0, 0.1) is 0 Å². The van der Waals surface area contributed by atoms with Gasteiger partial charge in [-0.05, 0) is 52.5 Å². The summed E-state index contributed by atoms with van der Waals surface area (Å²) >= 11 is 2.37. The van der Waals surface area contributed by atoms with Crippen LogP contribution in [0.5, 0.6) is 0 Å². The van der Waals surface area contributed by atoms with Gasteiger partial charge in [0.15, 0.2) is 0 Å². The number of thioether (sulfide) groups is 1. The second-order valence-corrected chi connectivity index (χ2v) is 7.14. The third kappa shape index (κ3) is 3.57. The van der Waals surface area contributed by atoms with Crippen LogP contribution in [0.15, 0.2) is 53.3 Å². The highest BCUT2D eigenvalue weighted by Gasteiger charge is 2.34. The molecule has 1 fully saturated rings. The molecule has 0 radical (unpaired) electrons. The van der Waals surface area contributed by atoms with E-state index in [4.69, 9.17) is 5.11 Å². The van der Waals surface area contributed by atoms with Crippen molar-refractivity contribution in [3.63, 3.8) is 0 Å². The number of thiophene rings is 1. The lowest BCUT2D eigenvalue weighted by Crippen LogP contribution is -2.27. The lowest BCUT2D eigenvalue weighted by atomic mass is 10.1. The zero-order valence-corrected chi connectivity index (χ0v) is 14.6. The van der Waals surface area contributed by atoms with E-state index in [1.165, 1.54) is 17.4 Å². The molecule has 7 heteroatoms. The lowest BCUT2D eigenvalue weighted by Gasteiger charge is -2.07. The van der Waals surface area contributed by atoms with Crippen LogP contribution in [0.1, 0.15) is 15.2 Å². The molecule has 1 aromatic carbocycles. The summed E-state index contributed by atoms with van der Waals surface area (Å²) in [5.41, 5.74) is 2.05. The van der Waals surface area contributed by atoms with Crippen molar-refractivity contribution in [1.29, 1.82) is 0 Å². The van der Waals surface area contributed by atoms with Crippen molar-refractivity contribution >= 4 is 46.3 Å². The fraction of sp³-hybridized carbons (Fsp3) is 0.0556. The molecule has 1 saturated heterocycles. The van der Waals surface area contributed by atoms with Crippen molar-refractivity contribution in [2.45, 2.75) is 0 Å². The summed E-state index contributed by atoms with van der Waals surface area (Å²) in [6.45, 7) is 3.75. The maximum absolute atomic E-state index is 12.2. The highest BCUT2D eigenvalue weighted by Crippen LogP contribution is 2.34. The number of hydrogen-bond donors (Lipinski definition) is 1. The Balaban J connectivity index is 1.82. The summed E-state index contributed by atoms with van der Waals surface area (Å²) in [6.07, 6.45) is 3.22. The molecule has 2 heterocycles. The molecule has 25 heavy (non-hydrogen) atoms. The van der Waals surface area contributed by atoms with Gasteiger partial charge in [0, 0.05) is 11.4 Å². The first-order chi connectivity index (χ1) is 12.0. The number of carbonyl (C=O) groups is 3. The Hall–Kier alpha value is -2.64. The van der Waals surface area contributed by atoms with Crippen molar-refractivity contribution in [2.24, 2.45) is 0 Å². The van der Waals surface area contributed by atoms with E-state index in [1.807, 2.05) is 11.4 Å². The number of nitrogens with zero attached hydrogens (tertiary/aromatic N) is 1. The fourth-order valence-corrected chi connectivity index (χ4v) is 4.06. The quantitative estimate of drug-likeness (QED) is 0.625. The minimum atomic E-state index is -0.965. The SMILES string of the molecule is C=CCN1C(=O)S/C(=C\c2cc(-c3ccc(C(=O)O)cc3)cs2)C1=O. The van der Waals surface area contributed by atoms with Gasteiger partial charge in [0.2, 0.25) is 0 Å². The van der Waals surface area contributed by atoms with Gasteiger partial charge in [-0.2, -0.15) is 0 Å². The number of carbonyl (C=O) groups excluding carboxylic acids is 2. The van der Waals surface area contributed by atoms with Crippen molar-refractivity contribution < 1.29 is 19.5 Å². The van der Waals surface area contributed by atoms with Crippen LogP contribution < -0.4 is 0 Å². The minimum absolute atomic E-state index is 0.202. The summed E-state index contributed by atoms with van der Waals surface area (Å²) in [5, 5.41) is 10.6. The number of amides is 2. The zero-order chi connectivity index (χ0) is 18.0. The molecular weight excluding hydrogens is 358 g/mol. The van der Waals surface area contributed by atoms with Crippen LogP contribution in [-0.2, 0) is 4.79 Å². The van der Waals surface area contributed by atoms with Gasteiger partial charge in [-0.3, -0.25) is 14.5 Å². The van der Waals surface area contributed by atoms with Crippen LogP contribution in [-0.4, -0.2) is 33.7 Å². The number of imide groups is 1. The monoisotopic (exact) mass is 371 g/mol. The molecule has 0 spiro atoms. The van der Waals surface area contributed by atoms with Gasteiger partial charge < -0.3 is 5.11 Å². The molecule has 1 aliphatic heterocycles. The number of hydrogen-bond acceptors (Lipinski definition) is 5. The Labute approximate surface area is 152 Å². The van der Waals surface area contributed by atoms with E-state index < -0.39 is 5.97 Å². The number of rotatable bonds is 5. The maximum Gasteiger partial charge on any atom is 0.335 e. The molecular formula is C18H13NO4S2. The van der Waals surface area contributed by atoms with Gasteiger partial charge in [-0.15, -0.1) is 17.9 Å². The Bertz CT molecular complexity index is 896. The normalized spacial score (nSPS) is 15.8. The summed E-state index contributed by atoms with van der Waals surface area (Å²) in [5.74, 6) is -1.27. The summed E-state index contributed by atoms with van der Waals surface area (Å²) in [6, 6.07) is 8.49. The van der Waals surface area contributed by atoms with Crippen molar-refractivity contribution in [3.8, 4) is 11.1 Å². The van der Waals surface area contributed by atoms with Crippen LogP contribution >= 0.6 is 23.1 Å². The van der Waals surface area contributed by atoms with Gasteiger partial charge in [0.25, 0.3) is 11.1 Å². The smallest absolute Gasteiger partial charge is 0.335 e. The van der Waals surface area contributed by atoms with Crippen LogP contribution in [0.2, 0.25) is 0 Å². The van der Waals surface area contributed by atoms with Crippen molar-refractivity contribution in [3.05, 3.63) is 63.7 Å². The van der Waals surface area contributed by atoms with Crippen molar-refractivity contribution in [1.82, 2.24) is 4.90 Å². The predicted molar refractivity (Wildman–Crippen MR) is 99.6 cm³/mol. The number of carboxylic acid groups (broad SMARTS) is 1. The average molecular weight is 371 g/mol. The first-order valence-corrected chi connectivity index (χ1v) is 8.97. The van der Waals surface area contributed by atoms with Crippen LogP contribution in [0.4, 0.5) is 4.79 Å². The summed E-state index contributed by atoms with van der Waals surface area (Å²) in [7, 11) is 0. The molecule has 1 aromatic heterocycles.